The molecule has 22 heavy (non-hydrogen) atoms. The zero-order valence-corrected chi connectivity index (χ0v) is 11.7. The van der Waals surface area contributed by atoms with Gasteiger partial charge in [0.1, 0.15) is 5.39 Å². The van der Waals surface area contributed by atoms with Gasteiger partial charge in [0, 0.05) is 13.1 Å². The predicted octanol–water partition coefficient (Wildman–Crippen LogP) is 3.03. The molecule has 2 aromatic heterocycles. The van der Waals surface area contributed by atoms with Crippen LogP contribution in [-0.4, -0.2) is 9.49 Å². The molecule has 2 aromatic carbocycles. The minimum atomic E-state index is -0.413. The van der Waals surface area contributed by atoms with Crippen LogP contribution in [0.1, 0.15) is 0 Å². The standard InChI is InChI=1S/C16H11N3O3/c1-17-12-8-4-2-6-10(12)14-16(17)15(19(21)22)11-7-3-5-9-13(11)18(14)20/h2-9H,1H3. The lowest BCUT2D eigenvalue weighted by Gasteiger charge is -2.05. The van der Waals surface area contributed by atoms with Gasteiger partial charge in [-0.2, -0.15) is 4.73 Å². The van der Waals surface area contributed by atoms with Crippen LogP contribution in [0.4, 0.5) is 5.69 Å². The molecule has 0 saturated heterocycles. The quantitative estimate of drug-likeness (QED) is 0.234. The van der Waals surface area contributed by atoms with E-state index >= 15 is 0 Å². The first-order valence-corrected chi connectivity index (χ1v) is 6.77. The molecule has 0 saturated carbocycles. The number of para-hydroxylation sites is 2. The number of nitrogens with zero attached hydrogens (tertiary/aromatic N) is 3. The summed E-state index contributed by atoms with van der Waals surface area (Å²) < 4.78 is 2.50. The monoisotopic (exact) mass is 293 g/mol. The maximum absolute atomic E-state index is 12.8. The first kappa shape index (κ1) is 12.6. The Morgan fingerprint density at radius 2 is 1.68 bits per heavy atom. The summed E-state index contributed by atoms with van der Waals surface area (Å²) in [4.78, 5) is 11.2. The van der Waals surface area contributed by atoms with Crippen LogP contribution >= 0.6 is 0 Å². The Bertz CT molecular complexity index is 1080. The van der Waals surface area contributed by atoms with Gasteiger partial charge in [-0.15, -0.1) is 0 Å². The summed E-state index contributed by atoms with van der Waals surface area (Å²) in [6.45, 7) is 0. The molecule has 0 aliphatic heterocycles. The lowest BCUT2D eigenvalue weighted by atomic mass is 10.1. The number of benzene rings is 2. The number of hydrogen-bond acceptors (Lipinski definition) is 3. The van der Waals surface area contributed by atoms with E-state index in [1.54, 1.807) is 35.9 Å². The Morgan fingerprint density at radius 1 is 1.05 bits per heavy atom. The van der Waals surface area contributed by atoms with Crippen LogP contribution in [0, 0.1) is 15.3 Å². The molecule has 108 valence electrons. The van der Waals surface area contributed by atoms with Crippen molar-refractivity contribution in [2.75, 3.05) is 0 Å². The highest BCUT2D eigenvalue weighted by Gasteiger charge is 2.30. The van der Waals surface area contributed by atoms with Crippen molar-refractivity contribution < 1.29 is 9.65 Å². The molecule has 0 radical (unpaired) electrons. The second-order valence-corrected chi connectivity index (χ2v) is 5.19. The zero-order valence-electron chi connectivity index (χ0n) is 11.7. The van der Waals surface area contributed by atoms with Crippen LogP contribution in [0.15, 0.2) is 48.5 Å². The van der Waals surface area contributed by atoms with Crippen LogP contribution in [-0.2, 0) is 7.05 Å². The van der Waals surface area contributed by atoms with E-state index in [9.17, 15) is 15.3 Å². The highest BCUT2D eigenvalue weighted by molar-refractivity contribution is 6.11. The molecule has 6 heteroatoms. The number of aryl methyl sites for hydroxylation is 1. The van der Waals surface area contributed by atoms with Gasteiger partial charge in [-0.25, -0.2) is 0 Å². The van der Waals surface area contributed by atoms with E-state index in [0.717, 1.165) is 10.2 Å². The van der Waals surface area contributed by atoms with E-state index in [-0.39, 0.29) is 5.69 Å². The van der Waals surface area contributed by atoms with Crippen LogP contribution < -0.4 is 4.73 Å². The van der Waals surface area contributed by atoms with Gasteiger partial charge < -0.3 is 9.77 Å². The van der Waals surface area contributed by atoms with Crippen molar-refractivity contribution >= 4 is 38.5 Å². The number of rotatable bonds is 1. The fourth-order valence-electron chi connectivity index (χ4n) is 3.13. The number of fused-ring (bicyclic) bond motifs is 4. The lowest BCUT2D eigenvalue weighted by molar-refractivity contribution is -0.547. The van der Waals surface area contributed by atoms with Crippen molar-refractivity contribution in [3.05, 3.63) is 63.9 Å². The van der Waals surface area contributed by atoms with E-state index in [1.165, 1.54) is 0 Å². The molecular weight excluding hydrogens is 282 g/mol. The average Bonchev–Trinajstić information content (AvgIpc) is 2.82. The maximum Gasteiger partial charge on any atom is 0.313 e. The Morgan fingerprint density at radius 3 is 2.41 bits per heavy atom. The molecule has 6 nitrogen and oxygen atoms in total. The van der Waals surface area contributed by atoms with Crippen LogP contribution in [0.3, 0.4) is 0 Å². The van der Waals surface area contributed by atoms with Crippen molar-refractivity contribution in [2.45, 2.75) is 0 Å². The summed E-state index contributed by atoms with van der Waals surface area (Å²) in [5, 5.41) is 25.5. The Kier molecular flexibility index (Phi) is 2.39. The summed E-state index contributed by atoms with van der Waals surface area (Å²) in [5.41, 5.74) is 1.75. The van der Waals surface area contributed by atoms with Gasteiger partial charge in [0.25, 0.3) is 5.52 Å². The molecule has 0 N–H and O–H groups in total. The first-order valence-electron chi connectivity index (χ1n) is 6.77. The summed E-state index contributed by atoms with van der Waals surface area (Å²) in [7, 11) is 1.74. The first-order chi connectivity index (χ1) is 10.6. The average molecular weight is 293 g/mol. The van der Waals surface area contributed by atoms with Crippen molar-refractivity contribution in [1.82, 2.24) is 4.57 Å². The van der Waals surface area contributed by atoms with E-state index in [2.05, 4.69) is 0 Å². The largest absolute Gasteiger partial charge is 0.618 e. The molecule has 0 bridgehead atoms. The third kappa shape index (κ3) is 1.41. The molecule has 0 amide bonds. The topological polar surface area (TPSA) is 75.0 Å². The summed E-state index contributed by atoms with van der Waals surface area (Å²) >= 11 is 0. The molecule has 4 rings (SSSR count). The van der Waals surface area contributed by atoms with E-state index in [0.29, 0.717) is 27.3 Å². The van der Waals surface area contributed by atoms with Crippen molar-refractivity contribution in [1.29, 1.82) is 0 Å². The third-order valence-corrected chi connectivity index (χ3v) is 4.07. The molecule has 0 spiro atoms. The Balaban J connectivity index is 2.45. The van der Waals surface area contributed by atoms with Gasteiger partial charge in [-0.05, 0) is 18.2 Å². The van der Waals surface area contributed by atoms with Gasteiger partial charge in [-0.3, -0.25) is 10.1 Å². The fraction of sp³-hybridized carbons (Fsp3) is 0.0625. The fourth-order valence-corrected chi connectivity index (χ4v) is 3.13. The SMILES string of the molecule is Cn1c2ccccc2c2c1c([N+](=O)[O-])c1ccccc1[n+]2[O-]. The van der Waals surface area contributed by atoms with Gasteiger partial charge in [0.15, 0.2) is 5.52 Å². The number of pyridine rings is 1. The van der Waals surface area contributed by atoms with Crippen LogP contribution in [0.25, 0.3) is 32.8 Å². The number of aromatic nitrogens is 2. The molecule has 0 atom stereocenters. The summed E-state index contributed by atoms with van der Waals surface area (Å²) in [6.07, 6.45) is 0. The molecule has 2 heterocycles. The summed E-state index contributed by atoms with van der Waals surface area (Å²) in [6, 6.07) is 14.0. The Labute approximate surface area is 124 Å². The smallest absolute Gasteiger partial charge is 0.313 e. The van der Waals surface area contributed by atoms with Gasteiger partial charge >= 0.3 is 5.69 Å². The minimum absolute atomic E-state index is 0.0311. The lowest BCUT2D eigenvalue weighted by Crippen LogP contribution is -2.28. The zero-order chi connectivity index (χ0) is 15.4. The molecule has 0 aliphatic rings. The van der Waals surface area contributed by atoms with E-state index in [1.807, 2.05) is 24.3 Å². The second-order valence-electron chi connectivity index (χ2n) is 5.19. The number of nitro groups is 1. The van der Waals surface area contributed by atoms with Crippen LogP contribution in [0.2, 0.25) is 0 Å². The predicted molar refractivity (Wildman–Crippen MR) is 83.5 cm³/mol. The Hall–Kier alpha value is -3.15. The summed E-state index contributed by atoms with van der Waals surface area (Å²) in [5.74, 6) is 0. The van der Waals surface area contributed by atoms with Crippen molar-refractivity contribution in [3.63, 3.8) is 0 Å². The van der Waals surface area contributed by atoms with Gasteiger partial charge in [0.2, 0.25) is 5.52 Å². The van der Waals surface area contributed by atoms with Gasteiger partial charge in [0.05, 0.1) is 15.8 Å². The molecular formula is C16H11N3O3. The maximum atomic E-state index is 12.8. The van der Waals surface area contributed by atoms with Crippen molar-refractivity contribution in [3.8, 4) is 0 Å². The molecule has 0 unspecified atom stereocenters. The van der Waals surface area contributed by atoms with Gasteiger partial charge in [-0.1, -0.05) is 24.3 Å². The second kappa shape index (κ2) is 4.17. The molecule has 4 aromatic rings. The normalized spacial score (nSPS) is 11.5. The number of hydrogen-bond donors (Lipinski definition) is 0. The van der Waals surface area contributed by atoms with Crippen LogP contribution in [0.5, 0.6) is 0 Å². The van der Waals surface area contributed by atoms with E-state index in [4.69, 9.17) is 0 Å². The molecule has 0 fully saturated rings. The van der Waals surface area contributed by atoms with E-state index < -0.39 is 4.92 Å². The highest BCUT2D eigenvalue weighted by Crippen LogP contribution is 2.36. The highest BCUT2D eigenvalue weighted by atomic mass is 16.6. The van der Waals surface area contributed by atoms with Crippen molar-refractivity contribution in [2.24, 2.45) is 7.05 Å². The third-order valence-electron chi connectivity index (χ3n) is 4.07. The molecule has 0 aliphatic carbocycles. The minimum Gasteiger partial charge on any atom is -0.618 e.